The zero-order chi connectivity index (χ0) is 15.4. The molecule has 0 radical (unpaired) electrons. The van der Waals surface area contributed by atoms with Crippen molar-refractivity contribution in [1.29, 1.82) is 0 Å². The molecule has 0 aromatic carbocycles. The lowest BCUT2D eigenvalue weighted by Gasteiger charge is -2.32. The summed E-state index contributed by atoms with van der Waals surface area (Å²) in [6, 6.07) is -0.143. The highest BCUT2D eigenvalue weighted by Crippen LogP contribution is 2.17. The Labute approximate surface area is 125 Å². The number of hydrogen-bond donors (Lipinski definition) is 2. The number of aliphatic carboxylic acids is 1. The van der Waals surface area contributed by atoms with Crippen LogP contribution in [0.5, 0.6) is 0 Å². The number of urea groups is 1. The van der Waals surface area contributed by atoms with Crippen LogP contribution in [0.2, 0.25) is 0 Å². The van der Waals surface area contributed by atoms with Gasteiger partial charge in [-0.25, -0.2) is 4.79 Å². The van der Waals surface area contributed by atoms with Gasteiger partial charge in [0.25, 0.3) is 0 Å². The van der Waals surface area contributed by atoms with E-state index in [4.69, 9.17) is 9.84 Å². The Morgan fingerprint density at radius 2 is 1.90 bits per heavy atom. The predicted molar refractivity (Wildman–Crippen MR) is 77.2 cm³/mol. The molecule has 0 spiro atoms. The van der Waals surface area contributed by atoms with E-state index in [-0.39, 0.29) is 12.1 Å². The molecule has 2 amide bonds. The van der Waals surface area contributed by atoms with Crippen LogP contribution in [-0.2, 0) is 9.53 Å². The summed E-state index contributed by atoms with van der Waals surface area (Å²) >= 11 is 0. The zero-order valence-corrected chi connectivity index (χ0v) is 12.7. The summed E-state index contributed by atoms with van der Waals surface area (Å²) in [6.45, 7) is 8.13. The third-order valence-corrected chi connectivity index (χ3v) is 4.50. The molecule has 0 bridgehead atoms. The van der Waals surface area contributed by atoms with Crippen molar-refractivity contribution in [2.75, 3.05) is 39.4 Å². The summed E-state index contributed by atoms with van der Waals surface area (Å²) in [5.74, 6) is -1.48. The van der Waals surface area contributed by atoms with Crippen LogP contribution in [0.1, 0.15) is 20.3 Å². The summed E-state index contributed by atoms with van der Waals surface area (Å²) in [6.07, 6.45) is 0.969. The van der Waals surface area contributed by atoms with E-state index in [0.29, 0.717) is 12.6 Å². The van der Waals surface area contributed by atoms with Crippen LogP contribution in [0.4, 0.5) is 4.79 Å². The first-order chi connectivity index (χ1) is 9.99. The summed E-state index contributed by atoms with van der Waals surface area (Å²) in [5.41, 5.74) is 0. The summed E-state index contributed by atoms with van der Waals surface area (Å²) in [4.78, 5) is 27.3. The number of nitrogens with one attached hydrogen (secondary N) is 1. The Hall–Kier alpha value is -1.34. The lowest BCUT2D eigenvalue weighted by Crippen LogP contribution is -2.48. The van der Waals surface area contributed by atoms with Crippen molar-refractivity contribution in [2.45, 2.75) is 32.4 Å². The van der Waals surface area contributed by atoms with E-state index in [1.807, 2.05) is 0 Å². The average Bonchev–Trinajstić information content (AvgIpc) is 2.97. The molecule has 3 unspecified atom stereocenters. The Bertz CT molecular complexity index is 384. The van der Waals surface area contributed by atoms with Gasteiger partial charge < -0.3 is 20.1 Å². The molecule has 2 aliphatic rings. The van der Waals surface area contributed by atoms with Crippen LogP contribution >= 0.6 is 0 Å². The van der Waals surface area contributed by atoms with Crippen molar-refractivity contribution >= 4 is 12.0 Å². The van der Waals surface area contributed by atoms with E-state index in [1.165, 1.54) is 0 Å². The minimum atomic E-state index is -0.893. The fraction of sp³-hybridized carbons (Fsp3) is 0.857. The average molecular weight is 299 g/mol. The molecule has 0 aromatic rings. The van der Waals surface area contributed by atoms with Crippen molar-refractivity contribution in [3.8, 4) is 0 Å². The number of carbonyl (C=O) groups is 2. The van der Waals surface area contributed by atoms with E-state index in [1.54, 1.807) is 18.7 Å². The normalized spacial score (nSPS) is 26.4. The van der Waals surface area contributed by atoms with Crippen molar-refractivity contribution in [2.24, 2.45) is 5.92 Å². The third-order valence-electron chi connectivity index (χ3n) is 4.50. The zero-order valence-electron chi connectivity index (χ0n) is 12.7. The van der Waals surface area contributed by atoms with Crippen LogP contribution in [0.3, 0.4) is 0 Å². The molecular formula is C14H25N3O4. The summed E-state index contributed by atoms with van der Waals surface area (Å²) in [7, 11) is 0. The highest BCUT2D eigenvalue weighted by molar-refractivity contribution is 5.76. The Morgan fingerprint density at radius 3 is 2.52 bits per heavy atom. The summed E-state index contributed by atoms with van der Waals surface area (Å²) in [5, 5.41) is 11.7. The third kappa shape index (κ3) is 4.07. The largest absolute Gasteiger partial charge is 0.481 e. The van der Waals surface area contributed by atoms with E-state index < -0.39 is 11.9 Å². The molecule has 2 aliphatic heterocycles. The Balaban J connectivity index is 1.80. The second kappa shape index (κ2) is 7.09. The van der Waals surface area contributed by atoms with Crippen molar-refractivity contribution in [3.63, 3.8) is 0 Å². The van der Waals surface area contributed by atoms with Gasteiger partial charge in [-0.15, -0.1) is 0 Å². The number of likely N-dealkylation sites (tertiary alicyclic amines) is 1. The molecule has 0 saturated carbocycles. The second-order valence-corrected chi connectivity index (χ2v) is 5.90. The van der Waals surface area contributed by atoms with Gasteiger partial charge in [-0.3, -0.25) is 9.69 Å². The molecular weight excluding hydrogens is 274 g/mol. The lowest BCUT2D eigenvalue weighted by molar-refractivity contribution is -0.141. The van der Waals surface area contributed by atoms with Crippen LogP contribution in [0, 0.1) is 5.92 Å². The molecule has 7 nitrogen and oxygen atoms in total. The van der Waals surface area contributed by atoms with Gasteiger partial charge in [0.15, 0.2) is 0 Å². The van der Waals surface area contributed by atoms with Crippen molar-refractivity contribution in [1.82, 2.24) is 15.1 Å². The topological polar surface area (TPSA) is 82.1 Å². The molecule has 120 valence electrons. The number of morpholine rings is 1. The highest BCUT2D eigenvalue weighted by atomic mass is 16.5. The van der Waals surface area contributed by atoms with Crippen molar-refractivity contribution in [3.05, 3.63) is 0 Å². The number of carbonyl (C=O) groups excluding carboxylic acids is 1. The number of hydrogen-bond acceptors (Lipinski definition) is 4. The molecule has 3 atom stereocenters. The lowest BCUT2D eigenvalue weighted by atomic mass is 10.0. The number of carboxylic acids is 1. The van der Waals surface area contributed by atoms with Crippen LogP contribution in [-0.4, -0.2) is 78.4 Å². The number of rotatable bonds is 4. The van der Waals surface area contributed by atoms with Crippen molar-refractivity contribution < 1.29 is 19.4 Å². The first-order valence-electron chi connectivity index (χ1n) is 7.59. The molecule has 7 heteroatoms. The fourth-order valence-electron chi connectivity index (χ4n) is 2.79. The standard InChI is InChI=1S/C14H25N3O4/c1-10(13(18)19)11(2)15-14(20)17-4-3-12(9-17)16-5-7-21-8-6-16/h10-12H,3-9H2,1-2H3,(H,15,20)(H,18,19). The first kappa shape index (κ1) is 16.0. The maximum Gasteiger partial charge on any atom is 0.317 e. The van der Waals surface area contributed by atoms with Gasteiger partial charge in [0.1, 0.15) is 0 Å². The van der Waals surface area contributed by atoms with Gasteiger partial charge in [-0.05, 0) is 20.3 Å². The minimum Gasteiger partial charge on any atom is -0.481 e. The molecule has 0 aromatic heterocycles. The Kier molecular flexibility index (Phi) is 5.41. The highest BCUT2D eigenvalue weighted by Gasteiger charge is 2.32. The second-order valence-electron chi connectivity index (χ2n) is 5.90. The maximum atomic E-state index is 12.2. The molecule has 2 saturated heterocycles. The number of ether oxygens (including phenoxy) is 1. The number of amides is 2. The van der Waals surface area contributed by atoms with Gasteiger partial charge in [0.05, 0.1) is 19.1 Å². The molecule has 21 heavy (non-hydrogen) atoms. The van der Waals surface area contributed by atoms with Gasteiger partial charge in [-0.2, -0.15) is 0 Å². The van der Waals surface area contributed by atoms with Gasteiger partial charge in [0, 0.05) is 38.3 Å². The summed E-state index contributed by atoms with van der Waals surface area (Å²) < 4.78 is 5.34. The molecule has 2 fully saturated rings. The van der Waals surface area contributed by atoms with E-state index in [9.17, 15) is 9.59 Å². The van der Waals surface area contributed by atoms with Crippen LogP contribution in [0.25, 0.3) is 0 Å². The molecule has 2 rings (SSSR count). The molecule has 2 N–H and O–H groups in total. The van der Waals surface area contributed by atoms with Gasteiger partial charge in [-0.1, -0.05) is 0 Å². The van der Waals surface area contributed by atoms with Gasteiger partial charge in [0.2, 0.25) is 0 Å². The molecule has 2 heterocycles. The monoisotopic (exact) mass is 299 g/mol. The fourth-order valence-corrected chi connectivity index (χ4v) is 2.79. The maximum absolute atomic E-state index is 12.2. The van der Waals surface area contributed by atoms with Crippen LogP contribution < -0.4 is 5.32 Å². The van der Waals surface area contributed by atoms with E-state index in [2.05, 4.69) is 10.2 Å². The molecule has 0 aliphatic carbocycles. The minimum absolute atomic E-state index is 0.161. The first-order valence-corrected chi connectivity index (χ1v) is 7.59. The Morgan fingerprint density at radius 1 is 1.24 bits per heavy atom. The smallest absolute Gasteiger partial charge is 0.317 e. The van der Waals surface area contributed by atoms with Gasteiger partial charge >= 0.3 is 12.0 Å². The van der Waals surface area contributed by atoms with E-state index in [0.717, 1.165) is 39.3 Å². The predicted octanol–water partition coefficient (Wildman–Crippen LogP) is 0.212. The SMILES string of the molecule is CC(NC(=O)N1CCC(N2CCOCC2)C1)C(C)C(=O)O. The number of carboxylic acid groups (broad SMARTS) is 1. The number of nitrogens with zero attached hydrogens (tertiary/aromatic N) is 2. The van der Waals surface area contributed by atoms with E-state index >= 15 is 0 Å². The van der Waals surface area contributed by atoms with Crippen LogP contribution in [0.15, 0.2) is 0 Å². The quantitative estimate of drug-likeness (QED) is 0.775.